The minimum atomic E-state index is 0.00693. The van der Waals surface area contributed by atoms with Crippen LogP contribution in [-0.2, 0) is 4.79 Å². The second-order valence-electron chi connectivity index (χ2n) is 4.09. The van der Waals surface area contributed by atoms with Gasteiger partial charge in [-0.15, -0.1) is 0 Å². The van der Waals surface area contributed by atoms with E-state index in [4.69, 9.17) is 0 Å². The number of benzene rings is 1. The molecule has 0 bridgehead atoms. The Balaban J connectivity index is 2.17. The van der Waals surface area contributed by atoms with Crippen LogP contribution < -0.4 is 10.4 Å². The number of nitrogens with one attached hydrogen (secondary N) is 1. The van der Waals surface area contributed by atoms with Crippen molar-refractivity contribution in [3.8, 4) is 0 Å². The van der Waals surface area contributed by atoms with Gasteiger partial charge in [-0.25, -0.2) is 0 Å². The van der Waals surface area contributed by atoms with Gasteiger partial charge in [0.15, 0.2) is 5.78 Å². The Morgan fingerprint density at radius 1 is 1.38 bits per heavy atom. The number of hydrogen-bond donors (Lipinski definition) is 1. The van der Waals surface area contributed by atoms with Crippen molar-refractivity contribution in [2.45, 2.75) is 13.8 Å². The number of hydrazine groups is 1. The molecule has 2 rings (SSSR count). The molecule has 1 aromatic carbocycles. The molecule has 0 radical (unpaired) electrons. The number of anilines is 1. The van der Waals surface area contributed by atoms with E-state index in [0.717, 1.165) is 5.69 Å². The van der Waals surface area contributed by atoms with E-state index in [1.54, 1.807) is 17.1 Å². The minimum Gasteiger partial charge on any atom is -0.295 e. The summed E-state index contributed by atoms with van der Waals surface area (Å²) in [5, 5.41) is 1.80. The molecule has 4 heteroatoms. The van der Waals surface area contributed by atoms with E-state index >= 15 is 0 Å². The van der Waals surface area contributed by atoms with Gasteiger partial charge >= 0.3 is 0 Å². The predicted octanol–water partition coefficient (Wildman–Crippen LogP) is 1.38. The molecule has 0 spiro atoms. The molecular weight excluding hydrogens is 204 g/mol. The zero-order valence-corrected chi connectivity index (χ0v) is 9.36. The van der Waals surface area contributed by atoms with Gasteiger partial charge in [-0.05, 0) is 31.2 Å². The van der Waals surface area contributed by atoms with Gasteiger partial charge < -0.3 is 0 Å². The van der Waals surface area contributed by atoms with E-state index in [1.165, 1.54) is 6.92 Å². The zero-order chi connectivity index (χ0) is 11.7. The Kier molecular flexibility index (Phi) is 2.64. The van der Waals surface area contributed by atoms with Crippen LogP contribution in [0.4, 0.5) is 5.69 Å². The highest BCUT2D eigenvalue weighted by atomic mass is 16.2. The average molecular weight is 218 g/mol. The van der Waals surface area contributed by atoms with Gasteiger partial charge in [-0.2, -0.15) is 0 Å². The number of ketones is 1. The van der Waals surface area contributed by atoms with Crippen molar-refractivity contribution < 1.29 is 9.59 Å². The molecule has 0 saturated carbocycles. The smallest absolute Gasteiger partial charge is 0.243 e. The SMILES string of the molecule is CC(=O)c1ccc(N2CC(C)C(=O)N2)cc1. The fourth-order valence-corrected chi connectivity index (χ4v) is 1.69. The van der Waals surface area contributed by atoms with Crippen LogP contribution in [0.1, 0.15) is 24.2 Å². The van der Waals surface area contributed by atoms with Crippen LogP contribution in [0.25, 0.3) is 0 Å². The molecule has 1 saturated heterocycles. The second kappa shape index (κ2) is 3.96. The minimum absolute atomic E-state index is 0.00693. The van der Waals surface area contributed by atoms with Gasteiger partial charge in [0.25, 0.3) is 0 Å². The maximum absolute atomic E-state index is 11.3. The van der Waals surface area contributed by atoms with Crippen molar-refractivity contribution in [1.82, 2.24) is 5.43 Å². The lowest BCUT2D eigenvalue weighted by atomic mass is 10.1. The predicted molar refractivity (Wildman–Crippen MR) is 61.1 cm³/mol. The van der Waals surface area contributed by atoms with Gasteiger partial charge in [-0.3, -0.25) is 20.0 Å². The molecule has 84 valence electrons. The normalized spacial score (nSPS) is 19.8. The number of amides is 1. The number of rotatable bonds is 2. The van der Waals surface area contributed by atoms with Crippen LogP contribution in [0.5, 0.6) is 0 Å². The largest absolute Gasteiger partial charge is 0.295 e. The lowest BCUT2D eigenvalue weighted by Crippen LogP contribution is -2.32. The Bertz CT molecular complexity index is 425. The van der Waals surface area contributed by atoms with Gasteiger partial charge in [-0.1, -0.05) is 6.92 Å². The molecule has 0 aromatic heterocycles. The Morgan fingerprint density at radius 2 is 2.00 bits per heavy atom. The lowest BCUT2D eigenvalue weighted by molar-refractivity contribution is -0.121. The molecule has 1 aliphatic heterocycles. The molecule has 16 heavy (non-hydrogen) atoms. The standard InChI is InChI=1S/C12H14N2O2/c1-8-7-14(13-12(8)16)11-5-3-10(4-6-11)9(2)15/h3-6,8H,7H2,1-2H3,(H,13,16). The number of carbonyl (C=O) groups is 2. The quantitative estimate of drug-likeness (QED) is 0.763. The third-order valence-corrected chi connectivity index (χ3v) is 2.73. The zero-order valence-electron chi connectivity index (χ0n) is 9.36. The van der Waals surface area contributed by atoms with E-state index in [9.17, 15) is 9.59 Å². The summed E-state index contributed by atoms with van der Waals surface area (Å²) in [5.41, 5.74) is 4.37. The number of hydrogen-bond acceptors (Lipinski definition) is 3. The van der Waals surface area contributed by atoms with Crippen LogP contribution in [0.15, 0.2) is 24.3 Å². The number of Topliss-reactive ketones (excluding diaryl/α,β-unsaturated/α-hetero) is 1. The van der Waals surface area contributed by atoms with E-state index in [0.29, 0.717) is 12.1 Å². The summed E-state index contributed by atoms with van der Waals surface area (Å²) in [6.07, 6.45) is 0. The molecule has 1 amide bonds. The maximum Gasteiger partial charge on any atom is 0.243 e. The molecule has 4 nitrogen and oxygen atoms in total. The van der Waals surface area contributed by atoms with Crippen molar-refractivity contribution >= 4 is 17.4 Å². The fourth-order valence-electron chi connectivity index (χ4n) is 1.69. The molecule has 1 aromatic rings. The maximum atomic E-state index is 11.3. The highest BCUT2D eigenvalue weighted by molar-refractivity contribution is 5.94. The van der Waals surface area contributed by atoms with E-state index in [2.05, 4.69) is 5.43 Å². The third kappa shape index (κ3) is 1.91. The van der Waals surface area contributed by atoms with E-state index in [1.807, 2.05) is 19.1 Å². The Morgan fingerprint density at radius 3 is 2.44 bits per heavy atom. The molecule has 1 aliphatic rings. The highest BCUT2D eigenvalue weighted by Gasteiger charge is 2.26. The molecule has 1 fully saturated rings. The monoisotopic (exact) mass is 218 g/mol. The molecule has 0 aliphatic carbocycles. The summed E-state index contributed by atoms with van der Waals surface area (Å²) in [6.45, 7) is 4.09. The van der Waals surface area contributed by atoms with Crippen LogP contribution in [0.2, 0.25) is 0 Å². The summed E-state index contributed by atoms with van der Waals surface area (Å²) >= 11 is 0. The molecule has 1 N–H and O–H groups in total. The first-order chi connectivity index (χ1) is 7.58. The fraction of sp³-hybridized carbons (Fsp3) is 0.333. The molecule has 1 atom stereocenters. The van der Waals surface area contributed by atoms with Crippen molar-refractivity contribution in [2.24, 2.45) is 5.92 Å². The summed E-state index contributed by atoms with van der Waals surface area (Å²) in [5.74, 6) is 0.0912. The summed E-state index contributed by atoms with van der Waals surface area (Å²) in [7, 11) is 0. The van der Waals surface area contributed by atoms with Crippen LogP contribution in [0, 0.1) is 5.92 Å². The summed E-state index contributed by atoms with van der Waals surface area (Å²) in [6, 6.07) is 7.23. The van der Waals surface area contributed by atoms with E-state index in [-0.39, 0.29) is 17.6 Å². The van der Waals surface area contributed by atoms with Crippen LogP contribution >= 0.6 is 0 Å². The first-order valence-corrected chi connectivity index (χ1v) is 5.27. The van der Waals surface area contributed by atoms with Crippen LogP contribution in [0.3, 0.4) is 0 Å². The lowest BCUT2D eigenvalue weighted by Gasteiger charge is -2.17. The highest BCUT2D eigenvalue weighted by Crippen LogP contribution is 2.19. The molecular formula is C12H14N2O2. The van der Waals surface area contributed by atoms with Crippen LogP contribution in [-0.4, -0.2) is 18.2 Å². The van der Waals surface area contributed by atoms with Crippen molar-refractivity contribution in [2.75, 3.05) is 11.6 Å². The topological polar surface area (TPSA) is 49.4 Å². The molecule has 1 heterocycles. The summed E-state index contributed by atoms with van der Waals surface area (Å²) in [4.78, 5) is 22.4. The van der Waals surface area contributed by atoms with Gasteiger partial charge in [0, 0.05) is 5.56 Å². The second-order valence-corrected chi connectivity index (χ2v) is 4.09. The van der Waals surface area contributed by atoms with Crippen molar-refractivity contribution in [1.29, 1.82) is 0 Å². The number of nitrogens with zero attached hydrogens (tertiary/aromatic N) is 1. The molecule has 1 unspecified atom stereocenters. The third-order valence-electron chi connectivity index (χ3n) is 2.73. The van der Waals surface area contributed by atoms with Gasteiger partial charge in [0.2, 0.25) is 5.91 Å². The van der Waals surface area contributed by atoms with Gasteiger partial charge in [0.1, 0.15) is 0 Å². The first-order valence-electron chi connectivity index (χ1n) is 5.27. The van der Waals surface area contributed by atoms with Gasteiger partial charge in [0.05, 0.1) is 18.2 Å². The van der Waals surface area contributed by atoms with Crippen molar-refractivity contribution in [3.05, 3.63) is 29.8 Å². The Hall–Kier alpha value is -1.84. The first kappa shape index (κ1) is 10.7. The van der Waals surface area contributed by atoms with Crippen molar-refractivity contribution in [3.63, 3.8) is 0 Å². The summed E-state index contributed by atoms with van der Waals surface area (Å²) < 4.78 is 0. The number of carbonyl (C=O) groups excluding carboxylic acids is 2. The Labute approximate surface area is 94.2 Å². The van der Waals surface area contributed by atoms with E-state index < -0.39 is 0 Å². The average Bonchev–Trinajstić information content (AvgIpc) is 2.59.